The van der Waals surface area contributed by atoms with Gasteiger partial charge in [0.05, 0.1) is 12.7 Å². The Morgan fingerprint density at radius 1 is 1.60 bits per heavy atom. The van der Waals surface area contributed by atoms with E-state index in [1.165, 1.54) is 0 Å². The molecule has 0 bridgehead atoms. The minimum absolute atomic E-state index is 0.160. The molecule has 1 aliphatic heterocycles. The lowest BCUT2D eigenvalue weighted by atomic mass is 10.1. The summed E-state index contributed by atoms with van der Waals surface area (Å²) in [6.45, 7) is 1.46. The monoisotopic (exact) mass is 145 g/mol. The fraction of sp³-hybridized carbons (Fsp3) is 1.00. The van der Waals surface area contributed by atoms with E-state index >= 15 is 0 Å². The minimum Gasteiger partial charge on any atom is -0.381 e. The van der Waals surface area contributed by atoms with Crippen molar-refractivity contribution < 1.29 is 9.47 Å². The van der Waals surface area contributed by atoms with Gasteiger partial charge in [-0.25, -0.2) is 0 Å². The van der Waals surface area contributed by atoms with Gasteiger partial charge < -0.3 is 15.2 Å². The predicted molar refractivity (Wildman–Crippen MR) is 38.8 cm³/mol. The Labute approximate surface area is 61.5 Å². The Kier molecular flexibility index (Phi) is 3.12. The van der Waals surface area contributed by atoms with Crippen LogP contribution in [0.3, 0.4) is 0 Å². The molecule has 0 amide bonds. The minimum atomic E-state index is 0.160. The largest absolute Gasteiger partial charge is 0.381 e. The molecule has 0 saturated carbocycles. The number of nitrogens with two attached hydrogens (primary N) is 1. The SMILES string of the molecule is CO[C@H]1CCOC[C@@H](N)C1. The second-order valence-corrected chi connectivity index (χ2v) is 2.72. The van der Waals surface area contributed by atoms with Gasteiger partial charge in [-0.1, -0.05) is 0 Å². The van der Waals surface area contributed by atoms with Crippen molar-refractivity contribution in [1.82, 2.24) is 0 Å². The highest BCUT2D eigenvalue weighted by molar-refractivity contribution is 4.71. The molecule has 2 N–H and O–H groups in total. The van der Waals surface area contributed by atoms with Crippen LogP contribution in [0.1, 0.15) is 12.8 Å². The van der Waals surface area contributed by atoms with Gasteiger partial charge >= 0.3 is 0 Å². The molecular formula is C7H15NO2. The summed E-state index contributed by atoms with van der Waals surface area (Å²) in [4.78, 5) is 0. The van der Waals surface area contributed by atoms with Crippen molar-refractivity contribution in [3.05, 3.63) is 0 Å². The zero-order valence-corrected chi connectivity index (χ0v) is 6.38. The first-order chi connectivity index (χ1) is 4.83. The molecule has 10 heavy (non-hydrogen) atoms. The first kappa shape index (κ1) is 7.98. The average molecular weight is 145 g/mol. The van der Waals surface area contributed by atoms with Crippen LogP contribution in [0.4, 0.5) is 0 Å². The molecule has 0 unspecified atom stereocenters. The summed E-state index contributed by atoms with van der Waals surface area (Å²) in [6.07, 6.45) is 2.21. The van der Waals surface area contributed by atoms with Crippen LogP contribution in [0.15, 0.2) is 0 Å². The molecule has 3 heteroatoms. The quantitative estimate of drug-likeness (QED) is 0.570. The normalized spacial score (nSPS) is 35.4. The fourth-order valence-corrected chi connectivity index (χ4v) is 1.19. The van der Waals surface area contributed by atoms with Gasteiger partial charge in [0.2, 0.25) is 0 Å². The van der Waals surface area contributed by atoms with E-state index in [4.69, 9.17) is 15.2 Å². The van der Waals surface area contributed by atoms with Crippen LogP contribution in [0.25, 0.3) is 0 Å². The van der Waals surface area contributed by atoms with E-state index < -0.39 is 0 Å². The number of methoxy groups -OCH3 is 1. The summed E-state index contributed by atoms with van der Waals surface area (Å²) < 4.78 is 10.4. The Morgan fingerprint density at radius 2 is 2.40 bits per heavy atom. The lowest BCUT2D eigenvalue weighted by molar-refractivity contribution is 0.0780. The van der Waals surface area contributed by atoms with Gasteiger partial charge in [0.15, 0.2) is 0 Å². The van der Waals surface area contributed by atoms with E-state index in [1.807, 2.05) is 0 Å². The lowest BCUT2D eigenvalue weighted by Crippen LogP contribution is -2.28. The Hall–Kier alpha value is -0.120. The Balaban J connectivity index is 2.30. The summed E-state index contributed by atoms with van der Waals surface area (Å²) in [5.41, 5.74) is 5.70. The molecule has 1 rings (SSSR count). The van der Waals surface area contributed by atoms with Gasteiger partial charge in [-0.3, -0.25) is 0 Å². The van der Waals surface area contributed by atoms with Crippen molar-refractivity contribution >= 4 is 0 Å². The van der Waals surface area contributed by atoms with Crippen molar-refractivity contribution in [1.29, 1.82) is 0 Å². The van der Waals surface area contributed by atoms with E-state index in [2.05, 4.69) is 0 Å². The maximum atomic E-state index is 5.70. The molecule has 0 aromatic heterocycles. The van der Waals surface area contributed by atoms with Crippen molar-refractivity contribution in [3.63, 3.8) is 0 Å². The molecule has 3 nitrogen and oxygen atoms in total. The third-order valence-electron chi connectivity index (χ3n) is 1.82. The molecule has 1 fully saturated rings. The van der Waals surface area contributed by atoms with Crippen LogP contribution in [0, 0.1) is 0 Å². The van der Waals surface area contributed by atoms with Crippen LogP contribution in [-0.4, -0.2) is 32.5 Å². The topological polar surface area (TPSA) is 44.5 Å². The first-order valence-corrected chi connectivity index (χ1v) is 3.69. The van der Waals surface area contributed by atoms with Crippen LogP contribution in [-0.2, 0) is 9.47 Å². The smallest absolute Gasteiger partial charge is 0.0618 e. The second-order valence-electron chi connectivity index (χ2n) is 2.72. The van der Waals surface area contributed by atoms with Gasteiger partial charge in [-0.05, 0) is 12.8 Å². The van der Waals surface area contributed by atoms with Gasteiger partial charge in [0.25, 0.3) is 0 Å². The van der Waals surface area contributed by atoms with Crippen molar-refractivity contribution in [2.45, 2.75) is 25.0 Å². The molecule has 0 aromatic carbocycles. The van der Waals surface area contributed by atoms with Crippen LogP contribution in [0.5, 0.6) is 0 Å². The number of ether oxygens (including phenoxy) is 2. The van der Waals surface area contributed by atoms with Gasteiger partial charge in [-0.2, -0.15) is 0 Å². The molecule has 1 heterocycles. The second kappa shape index (κ2) is 3.91. The van der Waals surface area contributed by atoms with Crippen LogP contribution < -0.4 is 5.73 Å². The van der Waals surface area contributed by atoms with Gasteiger partial charge in [0, 0.05) is 19.8 Å². The van der Waals surface area contributed by atoms with E-state index in [0.29, 0.717) is 12.7 Å². The highest BCUT2D eigenvalue weighted by Crippen LogP contribution is 2.09. The van der Waals surface area contributed by atoms with Gasteiger partial charge in [0.1, 0.15) is 0 Å². The zero-order chi connectivity index (χ0) is 7.40. The predicted octanol–water partition coefficient (Wildman–Crippen LogP) is 0.139. The van der Waals surface area contributed by atoms with Crippen molar-refractivity contribution in [2.75, 3.05) is 20.3 Å². The van der Waals surface area contributed by atoms with Crippen LogP contribution >= 0.6 is 0 Å². The lowest BCUT2D eigenvalue weighted by Gasteiger charge is -2.13. The molecule has 0 spiro atoms. The summed E-state index contributed by atoms with van der Waals surface area (Å²) in [6, 6.07) is 0.160. The molecule has 1 saturated heterocycles. The van der Waals surface area contributed by atoms with Crippen molar-refractivity contribution in [3.8, 4) is 0 Å². The Bertz CT molecular complexity index is 97.6. The van der Waals surface area contributed by atoms with E-state index in [1.54, 1.807) is 7.11 Å². The number of rotatable bonds is 1. The van der Waals surface area contributed by atoms with Crippen LogP contribution in [0.2, 0.25) is 0 Å². The third kappa shape index (κ3) is 2.25. The molecule has 0 radical (unpaired) electrons. The fourth-order valence-electron chi connectivity index (χ4n) is 1.19. The summed E-state index contributed by atoms with van der Waals surface area (Å²) >= 11 is 0. The molecule has 2 atom stereocenters. The van der Waals surface area contributed by atoms with Crippen molar-refractivity contribution in [2.24, 2.45) is 5.73 Å². The summed E-state index contributed by atoms with van der Waals surface area (Å²) in [5.74, 6) is 0. The molecular weight excluding hydrogens is 130 g/mol. The van der Waals surface area contributed by atoms with Gasteiger partial charge in [-0.15, -0.1) is 0 Å². The maximum Gasteiger partial charge on any atom is 0.0618 e. The highest BCUT2D eigenvalue weighted by atomic mass is 16.5. The molecule has 0 aliphatic carbocycles. The number of hydrogen-bond acceptors (Lipinski definition) is 3. The van der Waals surface area contributed by atoms with E-state index in [9.17, 15) is 0 Å². The van der Waals surface area contributed by atoms with E-state index in [0.717, 1.165) is 19.4 Å². The standard InChI is InChI=1S/C7H15NO2/c1-9-7-2-3-10-5-6(8)4-7/h6-7H,2-5,8H2,1H3/t6-,7-/m0/s1. The zero-order valence-electron chi connectivity index (χ0n) is 6.38. The maximum absolute atomic E-state index is 5.70. The summed E-state index contributed by atoms with van der Waals surface area (Å²) in [5, 5.41) is 0. The molecule has 0 aromatic rings. The molecule has 60 valence electrons. The van der Waals surface area contributed by atoms with E-state index in [-0.39, 0.29) is 6.04 Å². The molecule has 1 aliphatic rings. The number of hydrogen-bond donors (Lipinski definition) is 1. The third-order valence-corrected chi connectivity index (χ3v) is 1.82. The average Bonchev–Trinajstić information content (AvgIpc) is 2.13. The first-order valence-electron chi connectivity index (χ1n) is 3.69. The Morgan fingerprint density at radius 3 is 3.10 bits per heavy atom. The highest BCUT2D eigenvalue weighted by Gasteiger charge is 2.16. The summed E-state index contributed by atoms with van der Waals surface area (Å²) in [7, 11) is 1.72.